The molecule has 2 aliphatic rings. The first-order chi connectivity index (χ1) is 9.83. The third kappa shape index (κ3) is 3.42. The van der Waals surface area contributed by atoms with E-state index < -0.39 is 0 Å². The third-order valence-corrected chi connectivity index (χ3v) is 5.08. The Balaban J connectivity index is 1.66. The average Bonchev–Trinajstić information content (AvgIpc) is 2.49. The summed E-state index contributed by atoms with van der Waals surface area (Å²) < 4.78 is 0. The van der Waals surface area contributed by atoms with Crippen LogP contribution in [0.15, 0.2) is 30.3 Å². The van der Waals surface area contributed by atoms with E-state index in [2.05, 4.69) is 47.5 Å². The van der Waals surface area contributed by atoms with Gasteiger partial charge in [-0.15, -0.1) is 0 Å². The molecular weight excluding hydrogens is 244 g/mol. The molecule has 1 saturated heterocycles. The molecule has 0 spiro atoms. The van der Waals surface area contributed by atoms with E-state index in [4.69, 9.17) is 0 Å². The zero-order chi connectivity index (χ0) is 13.8. The van der Waals surface area contributed by atoms with E-state index in [9.17, 15) is 0 Å². The van der Waals surface area contributed by atoms with Gasteiger partial charge >= 0.3 is 0 Å². The molecular formula is C18H28N2. The summed E-state index contributed by atoms with van der Waals surface area (Å²) in [7, 11) is 0. The Morgan fingerprint density at radius 3 is 2.85 bits per heavy atom. The number of hydrogen-bond donors (Lipinski definition) is 1. The highest BCUT2D eigenvalue weighted by molar-refractivity contribution is 5.20. The third-order valence-electron chi connectivity index (χ3n) is 5.08. The van der Waals surface area contributed by atoms with E-state index in [1.807, 2.05) is 0 Å². The molecule has 0 amide bonds. The summed E-state index contributed by atoms with van der Waals surface area (Å²) in [5, 5.41) is 3.57. The van der Waals surface area contributed by atoms with Gasteiger partial charge in [-0.05, 0) is 30.2 Å². The molecule has 20 heavy (non-hydrogen) atoms. The standard InChI is InChI=1S/C18H28N2/c1-15-6-5-7-16(12-15)14-20-11-10-19-13-18(20)17-8-3-2-4-9-17/h2-4,8-9,15-16,18-19H,5-7,10-14H2,1H3. The predicted octanol–water partition coefficient (Wildman–Crippen LogP) is 3.46. The summed E-state index contributed by atoms with van der Waals surface area (Å²) in [6.07, 6.45) is 5.76. The van der Waals surface area contributed by atoms with Crippen molar-refractivity contribution < 1.29 is 0 Å². The van der Waals surface area contributed by atoms with Crippen molar-refractivity contribution in [3.63, 3.8) is 0 Å². The fourth-order valence-electron chi connectivity index (χ4n) is 4.03. The van der Waals surface area contributed by atoms with Gasteiger partial charge in [0.25, 0.3) is 0 Å². The number of nitrogens with one attached hydrogen (secondary N) is 1. The van der Waals surface area contributed by atoms with Gasteiger partial charge in [-0.1, -0.05) is 50.1 Å². The Morgan fingerprint density at radius 2 is 2.05 bits per heavy atom. The molecule has 0 aromatic heterocycles. The van der Waals surface area contributed by atoms with E-state index in [1.54, 1.807) is 0 Å². The number of hydrogen-bond acceptors (Lipinski definition) is 2. The number of piperazine rings is 1. The SMILES string of the molecule is CC1CCCC(CN2CCNCC2c2ccccc2)C1. The second-order valence-electron chi connectivity index (χ2n) is 6.76. The van der Waals surface area contributed by atoms with Crippen LogP contribution in [0.2, 0.25) is 0 Å². The minimum absolute atomic E-state index is 0.571. The molecule has 1 aromatic carbocycles. The quantitative estimate of drug-likeness (QED) is 0.906. The van der Waals surface area contributed by atoms with E-state index in [0.29, 0.717) is 6.04 Å². The van der Waals surface area contributed by atoms with Crippen molar-refractivity contribution in [3.8, 4) is 0 Å². The maximum atomic E-state index is 3.57. The summed E-state index contributed by atoms with van der Waals surface area (Å²) >= 11 is 0. The number of rotatable bonds is 3. The van der Waals surface area contributed by atoms with Gasteiger partial charge in [0.15, 0.2) is 0 Å². The molecule has 1 saturated carbocycles. The van der Waals surface area contributed by atoms with E-state index in [0.717, 1.165) is 24.9 Å². The summed E-state index contributed by atoms with van der Waals surface area (Å²) in [6, 6.07) is 11.6. The minimum atomic E-state index is 0.571. The molecule has 1 aliphatic carbocycles. The van der Waals surface area contributed by atoms with Crippen LogP contribution in [0.4, 0.5) is 0 Å². The summed E-state index contributed by atoms with van der Waals surface area (Å²) in [6.45, 7) is 7.17. The maximum absolute atomic E-state index is 3.57. The lowest BCUT2D eigenvalue weighted by Gasteiger charge is -2.40. The first kappa shape index (κ1) is 14.1. The zero-order valence-corrected chi connectivity index (χ0v) is 12.7. The van der Waals surface area contributed by atoms with Gasteiger partial charge in [0.2, 0.25) is 0 Å². The van der Waals surface area contributed by atoms with Crippen molar-refractivity contribution >= 4 is 0 Å². The normalized spacial score (nSPS) is 32.1. The Morgan fingerprint density at radius 1 is 1.20 bits per heavy atom. The molecule has 3 rings (SSSR count). The summed E-state index contributed by atoms with van der Waals surface area (Å²) in [4.78, 5) is 2.73. The molecule has 2 heteroatoms. The van der Waals surface area contributed by atoms with Gasteiger partial charge in [0.05, 0.1) is 0 Å². The first-order valence-corrected chi connectivity index (χ1v) is 8.32. The van der Waals surface area contributed by atoms with Crippen molar-refractivity contribution in [2.75, 3.05) is 26.2 Å². The monoisotopic (exact) mass is 272 g/mol. The van der Waals surface area contributed by atoms with E-state index in [1.165, 1.54) is 44.3 Å². The molecule has 2 fully saturated rings. The largest absolute Gasteiger partial charge is 0.314 e. The van der Waals surface area contributed by atoms with Gasteiger partial charge in [0, 0.05) is 32.2 Å². The second-order valence-corrected chi connectivity index (χ2v) is 6.76. The Kier molecular flexibility index (Phi) is 4.74. The molecule has 2 nitrogen and oxygen atoms in total. The van der Waals surface area contributed by atoms with Crippen molar-refractivity contribution in [3.05, 3.63) is 35.9 Å². The fourth-order valence-corrected chi connectivity index (χ4v) is 4.03. The van der Waals surface area contributed by atoms with Gasteiger partial charge in [0.1, 0.15) is 0 Å². The van der Waals surface area contributed by atoms with Crippen molar-refractivity contribution in [1.82, 2.24) is 10.2 Å². The van der Waals surface area contributed by atoms with Gasteiger partial charge < -0.3 is 5.32 Å². The lowest BCUT2D eigenvalue weighted by molar-refractivity contribution is 0.114. The van der Waals surface area contributed by atoms with Crippen molar-refractivity contribution in [2.45, 2.75) is 38.6 Å². The molecule has 1 aromatic rings. The topological polar surface area (TPSA) is 15.3 Å². The van der Waals surface area contributed by atoms with E-state index >= 15 is 0 Å². The minimum Gasteiger partial charge on any atom is -0.314 e. The molecule has 110 valence electrons. The van der Waals surface area contributed by atoms with Gasteiger partial charge in [-0.25, -0.2) is 0 Å². The summed E-state index contributed by atoms with van der Waals surface area (Å²) in [5.74, 6) is 1.86. The van der Waals surface area contributed by atoms with E-state index in [-0.39, 0.29) is 0 Å². The molecule has 3 atom stereocenters. The van der Waals surface area contributed by atoms with Crippen LogP contribution in [-0.4, -0.2) is 31.1 Å². The molecule has 1 aliphatic heterocycles. The summed E-state index contributed by atoms with van der Waals surface area (Å²) in [5.41, 5.74) is 1.48. The molecule has 1 heterocycles. The van der Waals surface area contributed by atoms with Crippen LogP contribution in [-0.2, 0) is 0 Å². The highest BCUT2D eigenvalue weighted by atomic mass is 15.2. The van der Waals surface area contributed by atoms with Crippen LogP contribution in [0, 0.1) is 11.8 Å². The number of benzene rings is 1. The van der Waals surface area contributed by atoms with Crippen LogP contribution < -0.4 is 5.32 Å². The van der Waals surface area contributed by atoms with Gasteiger partial charge in [-0.3, -0.25) is 4.90 Å². The lowest BCUT2D eigenvalue weighted by Crippen LogP contribution is -2.47. The maximum Gasteiger partial charge on any atom is 0.0473 e. The predicted molar refractivity (Wildman–Crippen MR) is 84.7 cm³/mol. The van der Waals surface area contributed by atoms with Crippen LogP contribution >= 0.6 is 0 Å². The highest BCUT2D eigenvalue weighted by Crippen LogP contribution is 2.31. The molecule has 0 bridgehead atoms. The number of nitrogens with zero attached hydrogens (tertiary/aromatic N) is 1. The second kappa shape index (κ2) is 6.73. The zero-order valence-electron chi connectivity index (χ0n) is 12.7. The lowest BCUT2D eigenvalue weighted by atomic mass is 9.82. The van der Waals surface area contributed by atoms with Crippen LogP contribution in [0.1, 0.15) is 44.2 Å². The Hall–Kier alpha value is -0.860. The van der Waals surface area contributed by atoms with Crippen molar-refractivity contribution in [2.24, 2.45) is 11.8 Å². The average molecular weight is 272 g/mol. The van der Waals surface area contributed by atoms with Crippen LogP contribution in [0.25, 0.3) is 0 Å². The molecule has 1 N–H and O–H groups in total. The Bertz CT molecular complexity index is 403. The molecule has 0 radical (unpaired) electrons. The smallest absolute Gasteiger partial charge is 0.0473 e. The highest BCUT2D eigenvalue weighted by Gasteiger charge is 2.27. The van der Waals surface area contributed by atoms with Crippen molar-refractivity contribution in [1.29, 1.82) is 0 Å². The van der Waals surface area contributed by atoms with Crippen LogP contribution in [0.5, 0.6) is 0 Å². The van der Waals surface area contributed by atoms with Gasteiger partial charge in [-0.2, -0.15) is 0 Å². The molecule has 3 unspecified atom stereocenters. The first-order valence-electron chi connectivity index (χ1n) is 8.32. The van der Waals surface area contributed by atoms with Crippen LogP contribution in [0.3, 0.4) is 0 Å². The fraction of sp³-hybridized carbons (Fsp3) is 0.667. The Labute approximate surface area is 123 Å².